The van der Waals surface area contributed by atoms with Crippen molar-refractivity contribution in [1.82, 2.24) is 9.80 Å². The normalized spacial score (nSPS) is 20.0. The van der Waals surface area contributed by atoms with Gasteiger partial charge in [-0.25, -0.2) is 0 Å². The quantitative estimate of drug-likeness (QED) is 0.478. The van der Waals surface area contributed by atoms with Crippen LogP contribution in [0.15, 0.2) is 54.6 Å². The molecule has 2 aliphatic rings. The Kier molecular flexibility index (Phi) is 7.32. The maximum absolute atomic E-state index is 13.8. The van der Waals surface area contributed by atoms with Crippen LogP contribution >= 0.6 is 0 Å². The van der Waals surface area contributed by atoms with Crippen LogP contribution in [0.4, 0.5) is 0 Å². The molecule has 0 radical (unpaired) electrons. The van der Waals surface area contributed by atoms with Gasteiger partial charge in [-0.1, -0.05) is 48.5 Å². The molecular formula is C27H32N2O5. The van der Waals surface area contributed by atoms with Gasteiger partial charge < -0.3 is 14.4 Å². The number of imide groups is 1. The van der Waals surface area contributed by atoms with Crippen molar-refractivity contribution >= 4 is 17.7 Å². The minimum atomic E-state index is -1.30. The minimum Gasteiger partial charge on any atom is -0.496 e. The lowest BCUT2D eigenvalue weighted by molar-refractivity contribution is -0.143. The van der Waals surface area contributed by atoms with Crippen molar-refractivity contribution in [3.8, 4) is 5.75 Å². The first-order valence-corrected chi connectivity index (χ1v) is 11.8. The fraction of sp³-hybridized carbons (Fsp3) is 0.444. The topological polar surface area (TPSA) is 76.2 Å². The summed E-state index contributed by atoms with van der Waals surface area (Å²) in [4.78, 5) is 43.7. The first kappa shape index (κ1) is 24.0. The third-order valence-electron chi connectivity index (χ3n) is 6.75. The fourth-order valence-electron chi connectivity index (χ4n) is 4.73. The summed E-state index contributed by atoms with van der Waals surface area (Å²) in [5, 5.41) is 0. The van der Waals surface area contributed by atoms with Gasteiger partial charge in [0.15, 0.2) is 0 Å². The second-order valence-corrected chi connectivity index (χ2v) is 9.18. The molecule has 1 unspecified atom stereocenters. The molecule has 180 valence electrons. The third kappa shape index (κ3) is 4.99. The molecule has 1 aliphatic heterocycles. The van der Waals surface area contributed by atoms with E-state index in [9.17, 15) is 14.4 Å². The van der Waals surface area contributed by atoms with Crippen LogP contribution in [-0.2, 0) is 31.1 Å². The highest BCUT2D eigenvalue weighted by atomic mass is 16.5. The van der Waals surface area contributed by atoms with Gasteiger partial charge in [0.05, 0.1) is 25.7 Å². The molecule has 1 saturated heterocycles. The van der Waals surface area contributed by atoms with E-state index in [0.717, 1.165) is 18.4 Å². The number of methoxy groups -OCH3 is 2. The van der Waals surface area contributed by atoms with Crippen molar-refractivity contribution in [2.75, 3.05) is 33.9 Å². The monoisotopic (exact) mass is 464 g/mol. The predicted octanol–water partition coefficient (Wildman–Crippen LogP) is 3.17. The zero-order valence-electron chi connectivity index (χ0n) is 19.9. The van der Waals surface area contributed by atoms with Crippen molar-refractivity contribution in [2.45, 2.75) is 37.6 Å². The number of amides is 3. The lowest BCUT2D eigenvalue weighted by Crippen LogP contribution is -2.44. The van der Waals surface area contributed by atoms with Crippen LogP contribution in [0.2, 0.25) is 0 Å². The lowest BCUT2D eigenvalue weighted by atomic mass is 9.75. The Morgan fingerprint density at radius 3 is 2.44 bits per heavy atom. The maximum atomic E-state index is 13.8. The number of carbonyl (C=O) groups is 3. The van der Waals surface area contributed by atoms with Gasteiger partial charge in [0.1, 0.15) is 5.75 Å². The molecule has 2 aromatic carbocycles. The molecule has 0 N–H and O–H groups in total. The van der Waals surface area contributed by atoms with Crippen LogP contribution in [0.3, 0.4) is 0 Å². The number of hydrogen-bond acceptors (Lipinski definition) is 5. The van der Waals surface area contributed by atoms with E-state index in [1.807, 2.05) is 47.4 Å². The molecule has 2 aromatic rings. The standard InChI is InChI=1S/C27H32N2O5/c1-33-15-14-29-25(31)17-27(26(29)32,22-10-6-7-11-23(22)34-2)16-24(30)28(19-21-12-13-21)18-20-8-4-3-5-9-20/h3-11,21H,12-19H2,1-2H3. The largest absolute Gasteiger partial charge is 0.496 e. The second kappa shape index (κ2) is 10.4. The number of rotatable bonds is 11. The van der Waals surface area contributed by atoms with E-state index in [2.05, 4.69) is 0 Å². The molecule has 1 aliphatic carbocycles. The van der Waals surface area contributed by atoms with Gasteiger partial charge in [-0.3, -0.25) is 19.3 Å². The van der Waals surface area contributed by atoms with Gasteiger partial charge in [0.25, 0.3) is 0 Å². The number of benzene rings is 2. The summed E-state index contributed by atoms with van der Waals surface area (Å²) in [5.74, 6) is 0.211. The van der Waals surface area contributed by atoms with E-state index < -0.39 is 5.41 Å². The van der Waals surface area contributed by atoms with E-state index in [0.29, 0.717) is 30.3 Å². The van der Waals surface area contributed by atoms with Crippen LogP contribution in [0.1, 0.15) is 36.8 Å². The van der Waals surface area contributed by atoms with Crippen molar-refractivity contribution in [3.05, 3.63) is 65.7 Å². The molecular weight excluding hydrogens is 432 g/mol. The molecule has 1 heterocycles. The van der Waals surface area contributed by atoms with E-state index in [-0.39, 0.29) is 43.7 Å². The van der Waals surface area contributed by atoms with Crippen molar-refractivity contribution in [1.29, 1.82) is 0 Å². The van der Waals surface area contributed by atoms with Crippen LogP contribution in [-0.4, -0.2) is 61.4 Å². The van der Waals surface area contributed by atoms with E-state index in [4.69, 9.17) is 9.47 Å². The molecule has 34 heavy (non-hydrogen) atoms. The summed E-state index contributed by atoms with van der Waals surface area (Å²) in [7, 11) is 3.06. The average molecular weight is 465 g/mol. The Hall–Kier alpha value is -3.19. The summed E-state index contributed by atoms with van der Waals surface area (Å²) in [6, 6.07) is 17.0. The molecule has 1 atom stereocenters. The maximum Gasteiger partial charge on any atom is 0.241 e. The predicted molar refractivity (Wildman–Crippen MR) is 127 cm³/mol. The second-order valence-electron chi connectivity index (χ2n) is 9.18. The van der Waals surface area contributed by atoms with Crippen molar-refractivity contribution < 1.29 is 23.9 Å². The molecule has 7 heteroatoms. The van der Waals surface area contributed by atoms with E-state index in [1.165, 1.54) is 19.1 Å². The van der Waals surface area contributed by atoms with E-state index >= 15 is 0 Å². The van der Waals surface area contributed by atoms with Gasteiger partial charge in [-0.05, 0) is 30.4 Å². The third-order valence-corrected chi connectivity index (χ3v) is 6.75. The van der Waals surface area contributed by atoms with Crippen LogP contribution in [0.25, 0.3) is 0 Å². The number of ether oxygens (including phenoxy) is 2. The van der Waals surface area contributed by atoms with Crippen LogP contribution in [0.5, 0.6) is 5.75 Å². The Balaban J connectivity index is 1.68. The summed E-state index contributed by atoms with van der Waals surface area (Å²) in [6.45, 7) is 1.54. The smallest absolute Gasteiger partial charge is 0.241 e. The number of carbonyl (C=O) groups excluding carboxylic acids is 3. The molecule has 1 saturated carbocycles. The fourth-order valence-corrected chi connectivity index (χ4v) is 4.73. The van der Waals surface area contributed by atoms with E-state index in [1.54, 1.807) is 12.1 Å². The highest BCUT2D eigenvalue weighted by molar-refractivity contribution is 6.11. The molecule has 4 rings (SSSR count). The molecule has 7 nitrogen and oxygen atoms in total. The average Bonchev–Trinajstić information content (AvgIpc) is 3.64. The summed E-state index contributed by atoms with van der Waals surface area (Å²) in [6.07, 6.45) is 2.07. The summed E-state index contributed by atoms with van der Waals surface area (Å²) >= 11 is 0. The number of hydrogen-bond donors (Lipinski definition) is 0. The SMILES string of the molecule is COCCN1C(=O)CC(CC(=O)N(Cc2ccccc2)CC2CC2)(c2ccccc2OC)C1=O. The minimum absolute atomic E-state index is 0.0652. The number of nitrogens with zero attached hydrogens (tertiary/aromatic N) is 2. The first-order valence-electron chi connectivity index (χ1n) is 11.8. The Morgan fingerprint density at radius 2 is 1.76 bits per heavy atom. The van der Waals surface area contributed by atoms with Gasteiger partial charge >= 0.3 is 0 Å². The highest BCUT2D eigenvalue weighted by Gasteiger charge is 2.55. The van der Waals surface area contributed by atoms with Crippen LogP contribution in [0, 0.1) is 5.92 Å². The number of para-hydroxylation sites is 1. The highest BCUT2D eigenvalue weighted by Crippen LogP contribution is 2.44. The van der Waals surface area contributed by atoms with Gasteiger partial charge in [-0.15, -0.1) is 0 Å². The molecule has 3 amide bonds. The summed E-state index contributed by atoms with van der Waals surface area (Å²) in [5.41, 5.74) is 0.320. The molecule has 0 spiro atoms. The molecule has 2 fully saturated rings. The lowest BCUT2D eigenvalue weighted by Gasteiger charge is -2.31. The molecule has 0 aromatic heterocycles. The zero-order chi connectivity index (χ0) is 24.1. The van der Waals surface area contributed by atoms with Crippen LogP contribution < -0.4 is 4.74 Å². The number of likely N-dealkylation sites (tertiary alicyclic amines) is 1. The first-order chi connectivity index (χ1) is 16.5. The Morgan fingerprint density at radius 1 is 1.06 bits per heavy atom. The Labute approximate surface area is 200 Å². The zero-order valence-corrected chi connectivity index (χ0v) is 19.9. The van der Waals surface area contributed by atoms with Gasteiger partial charge in [0.2, 0.25) is 17.7 Å². The van der Waals surface area contributed by atoms with Gasteiger partial charge in [0, 0.05) is 38.6 Å². The summed E-state index contributed by atoms with van der Waals surface area (Å²) < 4.78 is 10.7. The van der Waals surface area contributed by atoms with Crippen molar-refractivity contribution in [2.24, 2.45) is 5.92 Å². The molecule has 0 bridgehead atoms. The van der Waals surface area contributed by atoms with Gasteiger partial charge in [-0.2, -0.15) is 0 Å². The van der Waals surface area contributed by atoms with Crippen molar-refractivity contribution in [3.63, 3.8) is 0 Å². The Bertz CT molecular complexity index is 1040.